The molecule has 0 unspecified atom stereocenters. The second-order valence-electron chi connectivity index (χ2n) is 7.46. The molecule has 3 aromatic rings. The standard InChI is InChI=1S/C22H19ClFN5O5/c1-5-15-17(32-11(3)30)18(33-12(4)31)21(34-15)29-9-25-16-19(27-22(23)28-20(16)29)26-14-8-6-7-13(24)10(14)2/h1,6-9,15,17-18,21H,2-4H3,(H,26,27,28)/t15-,17-,18-,21-/m1/s1. The molecule has 0 bridgehead atoms. The summed E-state index contributed by atoms with van der Waals surface area (Å²) in [6.07, 6.45) is 2.76. The zero-order valence-corrected chi connectivity index (χ0v) is 19.0. The van der Waals surface area contributed by atoms with E-state index in [1.807, 2.05) is 0 Å². The highest BCUT2D eigenvalue weighted by atomic mass is 35.5. The number of nitrogens with zero attached hydrogens (tertiary/aromatic N) is 4. The van der Waals surface area contributed by atoms with E-state index in [2.05, 4.69) is 26.2 Å². The first-order valence-electron chi connectivity index (χ1n) is 10.1. The molecule has 1 saturated heterocycles. The van der Waals surface area contributed by atoms with Crippen molar-refractivity contribution >= 4 is 46.2 Å². The molecule has 12 heteroatoms. The average molecular weight is 488 g/mol. The molecule has 2 aromatic heterocycles. The van der Waals surface area contributed by atoms with Gasteiger partial charge in [0.2, 0.25) is 5.28 Å². The first-order valence-corrected chi connectivity index (χ1v) is 10.5. The predicted octanol–water partition coefficient (Wildman–Crippen LogP) is 3.06. The minimum absolute atomic E-state index is 0.127. The summed E-state index contributed by atoms with van der Waals surface area (Å²) in [6.45, 7) is 4.03. The lowest BCUT2D eigenvalue weighted by Gasteiger charge is -2.23. The number of hydrogen-bond acceptors (Lipinski definition) is 9. The van der Waals surface area contributed by atoms with Crippen LogP contribution in [0.25, 0.3) is 11.2 Å². The van der Waals surface area contributed by atoms with Crippen LogP contribution in [0.1, 0.15) is 25.6 Å². The van der Waals surface area contributed by atoms with E-state index < -0.39 is 42.3 Å². The van der Waals surface area contributed by atoms with Crippen molar-refractivity contribution in [3.05, 3.63) is 41.2 Å². The van der Waals surface area contributed by atoms with E-state index in [0.717, 1.165) is 0 Å². The molecule has 1 aliphatic heterocycles. The van der Waals surface area contributed by atoms with Gasteiger partial charge in [0.05, 0.1) is 6.33 Å². The molecular weight excluding hydrogens is 469 g/mol. The number of halogens is 2. The van der Waals surface area contributed by atoms with Crippen molar-refractivity contribution < 1.29 is 28.2 Å². The summed E-state index contributed by atoms with van der Waals surface area (Å²) in [5.74, 6) is 0.969. The van der Waals surface area contributed by atoms with Crippen molar-refractivity contribution in [1.82, 2.24) is 19.5 Å². The summed E-state index contributed by atoms with van der Waals surface area (Å²) < 4.78 is 32.0. The predicted molar refractivity (Wildman–Crippen MR) is 119 cm³/mol. The van der Waals surface area contributed by atoms with Crippen LogP contribution in [0.3, 0.4) is 0 Å². The van der Waals surface area contributed by atoms with Gasteiger partial charge in [-0.2, -0.15) is 9.97 Å². The van der Waals surface area contributed by atoms with Crippen LogP contribution < -0.4 is 5.32 Å². The van der Waals surface area contributed by atoms with Crippen LogP contribution in [-0.4, -0.2) is 49.8 Å². The third-order valence-electron chi connectivity index (χ3n) is 5.15. The number of aromatic nitrogens is 4. The summed E-state index contributed by atoms with van der Waals surface area (Å²) in [5.41, 5.74) is 1.34. The zero-order chi connectivity index (χ0) is 24.6. The van der Waals surface area contributed by atoms with E-state index in [9.17, 15) is 14.0 Å². The maximum Gasteiger partial charge on any atom is 0.303 e. The Bertz CT molecular complexity index is 1320. The van der Waals surface area contributed by atoms with Crippen LogP contribution >= 0.6 is 11.6 Å². The topological polar surface area (TPSA) is 117 Å². The van der Waals surface area contributed by atoms with Crippen molar-refractivity contribution in [1.29, 1.82) is 0 Å². The molecule has 176 valence electrons. The summed E-state index contributed by atoms with van der Waals surface area (Å²) in [6, 6.07) is 4.57. The Morgan fingerprint density at radius 1 is 1.24 bits per heavy atom. The zero-order valence-electron chi connectivity index (χ0n) is 18.3. The minimum Gasteiger partial charge on any atom is -0.455 e. The Hall–Kier alpha value is -3.75. The molecular formula is C22H19ClFN5O5. The summed E-state index contributed by atoms with van der Waals surface area (Å²) >= 11 is 6.17. The van der Waals surface area contributed by atoms with E-state index in [1.54, 1.807) is 19.1 Å². The van der Waals surface area contributed by atoms with E-state index in [1.165, 1.54) is 30.8 Å². The highest BCUT2D eigenvalue weighted by Gasteiger charge is 2.50. The molecule has 0 aliphatic carbocycles. The smallest absolute Gasteiger partial charge is 0.303 e. The molecule has 1 N–H and O–H groups in total. The Labute approximate surface area is 198 Å². The monoisotopic (exact) mass is 487 g/mol. The van der Waals surface area contributed by atoms with E-state index in [-0.39, 0.29) is 22.3 Å². The molecule has 1 aliphatic rings. The van der Waals surface area contributed by atoms with Crippen molar-refractivity contribution in [3.8, 4) is 12.3 Å². The van der Waals surface area contributed by atoms with Gasteiger partial charge in [0, 0.05) is 25.1 Å². The van der Waals surface area contributed by atoms with Gasteiger partial charge < -0.3 is 19.5 Å². The highest BCUT2D eigenvalue weighted by Crippen LogP contribution is 2.36. The van der Waals surface area contributed by atoms with Gasteiger partial charge in [-0.1, -0.05) is 12.0 Å². The quantitative estimate of drug-likeness (QED) is 0.329. The Kier molecular flexibility index (Phi) is 6.37. The molecule has 0 radical (unpaired) electrons. The number of esters is 2. The van der Waals surface area contributed by atoms with Gasteiger partial charge in [-0.25, -0.2) is 9.37 Å². The van der Waals surface area contributed by atoms with Gasteiger partial charge >= 0.3 is 11.9 Å². The van der Waals surface area contributed by atoms with Gasteiger partial charge in [0.15, 0.2) is 41.5 Å². The number of carbonyl (C=O) groups excluding carboxylic acids is 2. The first kappa shape index (κ1) is 23.4. The number of imidazole rings is 1. The van der Waals surface area contributed by atoms with Gasteiger partial charge in [0.1, 0.15) is 5.82 Å². The first-order chi connectivity index (χ1) is 16.2. The number of anilines is 2. The van der Waals surface area contributed by atoms with Crippen LogP contribution in [-0.2, 0) is 23.8 Å². The molecule has 34 heavy (non-hydrogen) atoms. The number of fused-ring (bicyclic) bond motifs is 1. The van der Waals surface area contributed by atoms with Crippen LogP contribution in [0.5, 0.6) is 0 Å². The van der Waals surface area contributed by atoms with Gasteiger partial charge in [0.25, 0.3) is 0 Å². The number of terminal acetylenes is 1. The third-order valence-corrected chi connectivity index (χ3v) is 5.32. The van der Waals surface area contributed by atoms with Crippen LogP contribution in [0, 0.1) is 25.1 Å². The molecule has 0 saturated carbocycles. The van der Waals surface area contributed by atoms with Gasteiger partial charge in [-0.15, -0.1) is 6.42 Å². The fourth-order valence-electron chi connectivity index (χ4n) is 3.67. The molecule has 4 atom stereocenters. The minimum atomic E-state index is -1.09. The van der Waals surface area contributed by atoms with E-state index >= 15 is 0 Å². The second-order valence-corrected chi connectivity index (χ2v) is 7.80. The number of nitrogens with one attached hydrogen (secondary N) is 1. The lowest BCUT2D eigenvalue weighted by molar-refractivity contribution is -0.165. The number of benzene rings is 1. The Morgan fingerprint density at radius 3 is 2.62 bits per heavy atom. The molecule has 10 nitrogen and oxygen atoms in total. The largest absolute Gasteiger partial charge is 0.455 e. The maximum atomic E-state index is 14.0. The third kappa shape index (κ3) is 4.37. The second kappa shape index (κ2) is 9.24. The highest BCUT2D eigenvalue weighted by molar-refractivity contribution is 6.28. The summed E-state index contributed by atoms with van der Waals surface area (Å²) in [5, 5.41) is 2.89. The van der Waals surface area contributed by atoms with E-state index in [0.29, 0.717) is 11.3 Å². The average Bonchev–Trinajstić information content (AvgIpc) is 3.32. The molecule has 3 heterocycles. The maximum absolute atomic E-state index is 14.0. The number of hydrogen-bond donors (Lipinski definition) is 1. The van der Waals surface area contributed by atoms with Crippen molar-refractivity contribution in [3.63, 3.8) is 0 Å². The van der Waals surface area contributed by atoms with Crippen molar-refractivity contribution in [2.24, 2.45) is 0 Å². The fourth-order valence-corrected chi connectivity index (χ4v) is 3.83. The molecule has 4 rings (SSSR count). The van der Waals surface area contributed by atoms with Crippen LogP contribution in [0.4, 0.5) is 15.9 Å². The number of ether oxygens (including phenoxy) is 3. The Balaban J connectivity index is 1.78. The normalized spacial score (nSPS) is 21.8. The van der Waals surface area contributed by atoms with Gasteiger partial charge in [-0.3, -0.25) is 14.2 Å². The summed E-state index contributed by atoms with van der Waals surface area (Å²) in [4.78, 5) is 36.2. The van der Waals surface area contributed by atoms with Crippen LogP contribution in [0.15, 0.2) is 24.5 Å². The molecule has 0 amide bonds. The SMILES string of the molecule is C#C[C@H]1O[C@@H](n2cnc3c(Nc4cccc(F)c4C)nc(Cl)nc32)[C@H](OC(C)=O)[C@@H]1OC(C)=O. The van der Waals surface area contributed by atoms with Crippen molar-refractivity contribution in [2.45, 2.75) is 45.3 Å². The molecule has 1 fully saturated rings. The number of rotatable bonds is 5. The molecule has 0 spiro atoms. The summed E-state index contributed by atoms with van der Waals surface area (Å²) in [7, 11) is 0. The van der Waals surface area contributed by atoms with Crippen molar-refractivity contribution in [2.75, 3.05) is 5.32 Å². The van der Waals surface area contributed by atoms with Gasteiger partial charge in [-0.05, 0) is 30.7 Å². The fraction of sp³-hybridized carbons (Fsp3) is 0.318. The van der Waals surface area contributed by atoms with E-state index in [4.69, 9.17) is 32.2 Å². The van der Waals surface area contributed by atoms with Crippen LogP contribution in [0.2, 0.25) is 5.28 Å². The lowest BCUT2D eigenvalue weighted by atomic mass is 10.1. The lowest BCUT2D eigenvalue weighted by Crippen LogP contribution is -2.38. The number of carbonyl (C=O) groups is 2. The Morgan fingerprint density at radius 2 is 1.94 bits per heavy atom. The molecule has 1 aromatic carbocycles.